The van der Waals surface area contributed by atoms with Gasteiger partial charge in [0.15, 0.2) is 0 Å². The first-order valence-corrected chi connectivity index (χ1v) is 6.84. The molecule has 2 aromatic carbocycles. The van der Waals surface area contributed by atoms with E-state index >= 15 is 0 Å². The van der Waals surface area contributed by atoms with Gasteiger partial charge in [-0.25, -0.2) is 0 Å². The third-order valence-corrected chi connectivity index (χ3v) is 3.15. The maximum Gasteiger partial charge on any atom is 0.224 e. The lowest BCUT2D eigenvalue weighted by Gasteiger charge is -2.06. The lowest BCUT2D eigenvalue weighted by atomic mass is 10.1. The summed E-state index contributed by atoms with van der Waals surface area (Å²) in [4.78, 5) is 11.8. The van der Waals surface area contributed by atoms with Gasteiger partial charge in [0.1, 0.15) is 0 Å². The largest absolute Gasteiger partial charge is 0.399 e. The maximum atomic E-state index is 11.8. The first-order chi connectivity index (χ1) is 9.63. The second-order valence-electron chi connectivity index (χ2n) is 5.01. The molecule has 3 nitrogen and oxygen atoms in total. The Bertz CT molecular complexity index is 576. The summed E-state index contributed by atoms with van der Waals surface area (Å²) in [5.74, 6) is 0.0612. The minimum Gasteiger partial charge on any atom is -0.399 e. The van der Waals surface area contributed by atoms with E-state index in [1.54, 1.807) is 0 Å². The first kappa shape index (κ1) is 14.1. The number of benzene rings is 2. The molecule has 0 aliphatic carbocycles. The number of nitrogens with two attached hydrogens (primary N) is 1. The zero-order valence-electron chi connectivity index (χ0n) is 11.7. The Morgan fingerprint density at radius 1 is 1.15 bits per heavy atom. The van der Waals surface area contributed by atoms with Crippen molar-refractivity contribution in [3.8, 4) is 0 Å². The normalized spacial score (nSPS) is 10.2. The number of amides is 1. The molecule has 2 aromatic rings. The summed E-state index contributed by atoms with van der Waals surface area (Å²) in [7, 11) is 0. The molecule has 0 aromatic heterocycles. The van der Waals surface area contributed by atoms with Gasteiger partial charge < -0.3 is 11.1 Å². The fourth-order valence-electron chi connectivity index (χ4n) is 2.08. The van der Waals surface area contributed by atoms with Gasteiger partial charge in [0.05, 0.1) is 0 Å². The Hall–Kier alpha value is -2.29. The molecule has 0 saturated carbocycles. The van der Waals surface area contributed by atoms with Crippen LogP contribution in [-0.2, 0) is 11.2 Å². The summed E-state index contributed by atoms with van der Waals surface area (Å²) in [6, 6.07) is 15.6. The molecule has 104 valence electrons. The highest BCUT2D eigenvalue weighted by Crippen LogP contribution is 2.12. The summed E-state index contributed by atoms with van der Waals surface area (Å²) >= 11 is 0. The Kier molecular flexibility index (Phi) is 4.77. The van der Waals surface area contributed by atoms with Crippen LogP contribution in [0.25, 0.3) is 0 Å². The highest BCUT2D eigenvalue weighted by molar-refractivity contribution is 5.90. The lowest BCUT2D eigenvalue weighted by molar-refractivity contribution is -0.116. The average Bonchev–Trinajstić information content (AvgIpc) is 2.41. The number of hydrogen-bond donors (Lipinski definition) is 2. The third-order valence-electron chi connectivity index (χ3n) is 3.15. The number of carbonyl (C=O) groups is 1. The molecule has 0 spiro atoms. The Morgan fingerprint density at radius 3 is 2.60 bits per heavy atom. The molecule has 3 N–H and O–H groups in total. The molecule has 0 radical (unpaired) electrons. The second-order valence-corrected chi connectivity index (χ2v) is 5.01. The maximum absolute atomic E-state index is 11.8. The molecule has 0 aliphatic rings. The molecule has 0 heterocycles. The van der Waals surface area contributed by atoms with Crippen molar-refractivity contribution in [2.24, 2.45) is 0 Å². The van der Waals surface area contributed by atoms with Crippen LogP contribution in [0, 0.1) is 6.92 Å². The van der Waals surface area contributed by atoms with Crippen LogP contribution in [0.15, 0.2) is 48.5 Å². The van der Waals surface area contributed by atoms with E-state index in [-0.39, 0.29) is 5.91 Å². The van der Waals surface area contributed by atoms with Crippen molar-refractivity contribution < 1.29 is 4.79 Å². The van der Waals surface area contributed by atoms with Gasteiger partial charge in [-0.3, -0.25) is 4.79 Å². The Morgan fingerprint density at radius 2 is 1.90 bits per heavy atom. The van der Waals surface area contributed by atoms with E-state index in [2.05, 4.69) is 5.32 Å². The number of rotatable bonds is 5. The van der Waals surface area contributed by atoms with E-state index in [4.69, 9.17) is 5.73 Å². The lowest BCUT2D eigenvalue weighted by Crippen LogP contribution is -2.11. The molecule has 0 unspecified atom stereocenters. The van der Waals surface area contributed by atoms with Crippen LogP contribution >= 0.6 is 0 Å². The molecule has 0 atom stereocenters. The van der Waals surface area contributed by atoms with Crippen molar-refractivity contribution >= 4 is 17.3 Å². The number of anilines is 2. The van der Waals surface area contributed by atoms with Gasteiger partial charge in [-0.05, 0) is 55.2 Å². The van der Waals surface area contributed by atoms with Gasteiger partial charge in [-0.2, -0.15) is 0 Å². The van der Waals surface area contributed by atoms with Gasteiger partial charge in [-0.1, -0.05) is 24.3 Å². The van der Waals surface area contributed by atoms with Crippen LogP contribution in [0.4, 0.5) is 11.4 Å². The van der Waals surface area contributed by atoms with Crippen molar-refractivity contribution in [2.75, 3.05) is 11.1 Å². The van der Waals surface area contributed by atoms with Crippen molar-refractivity contribution in [1.82, 2.24) is 0 Å². The quantitative estimate of drug-likeness (QED) is 0.815. The molecule has 0 fully saturated rings. The summed E-state index contributed by atoms with van der Waals surface area (Å²) in [5, 5.41) is 2.92. The van der Waals surface area contributed by atoms with E-state index in [1.165, 1.54) is 5.56 Å². The fraction of sp³-hybridized carbons (Fsp3) is 0.235. The predicted octanol–water partition coefficient (Wildman–Crippen LogP) is 3.54. The third kappa shape index (κ3) is 4.43. The zero-order chi connectivity index (χ0) is 14.4. The molecule has 3 heteroatoms. The van der Waals surface area contributed by atoms with Crippen LogP contribution in [-0.4, -0.2) is 5.91 Å². The number of nitrogens with one attached hydrogen (secondary N) is 1. The summed E-state index contributed by atoms with van der Waals surface area (Å²) < 4.78 is 0. The van der Waals surface area contributed by atoms with E-state index in [1.807, 2.05) is 55.5 Å². The van der Waals surface area contributed by atoms with Gasteiger partial charge in [0.2, 0.25) is 5.91 Å². The standard InChI is InChI=1S/C17H20N2O/c1-13-4-2-6-16(12-13)19-17(20)7-3-5-14-8-10-15(18)11-9-14/h2,4,6,8-12H,3,5,7,18H2,1H3,(H,19,20). The van der Waals surface area contributed by atoms with Crippen molar-refractivity contribution in [3.05, 3.63) is 59.7 Å². The number of hydrogen-bond acceptors (Lipinski definition) is 2. The second kappa shape index (κ2) is 6.75. The Labute approximate surface area is 119 Å². The molecule has 0 aliphatic heterocycles. The SMILES string of the molecule is Cc1cccc(NC(=O)CCCc2ccc(N)cc2)c1. The van der Waals surface area contributed by atoms with Crippen molar-refractivity contribution in [1.29, 1.82) is 0 Å². The van der Waals surface area contributed by atoms with Crippen LogP contribution in [0.5, 0.6) is 0 Å². The highest BCUT2D eigenvalue weighted by Gasteiger charge is 2.03. The monoisotopic (exact) mass is 268 g/mol. The number of carbonyl (C=O) groups excluding carboxylic acids is 1. The van der Waals surface area contributed by atoms with Crippen LogP contribution in [0.2, 0.25) is 0 Å². The van der Waals surface area contributed by atoms with Gasteiger partial charge in [-0.15, -0.1) is 0 Å². The van der Waals surface area contributed by atoms with Crippen LogP contribution in [0.1, 0.15) is 24.0 Å². The van der Waals surface area contributed by atoms with E-state index in [0.717, 1.165) is 29.8 Å². The van der Waals surface area contributed by atoms with Gasteiger partial charge >= 0.3 is 0 Å². The molecule has 2 rings (SSSR count). The van der Waals surface area contributed by atoms with E-state index in [0.29, 0.717) is 6.42 Å². The minimum atomic E-state index is 0.0612. The van der Waals surface area contributed by atoms with E-state index < -0.39 is 0 Å². The molecular formula is C17H20N2O. The van der Waals surface area contributed by atoms with Crippen LogP contribution in [0.3, 0.4) is 0 Å². The zero-order valence-corrected chi connectivity index (χ0v) is 11.7. The van der Waals surface area contributed by atoms with Crippen molar-refractivity contribution in [3.63, 3.8) is 0 Å². The van der Waals surface area contributed by atoms with Crippen molar-refractivity contribution in [2.45, 2.75) is 26.2 Å². The van der Waals surface area contributed by atoms with Gasteiger partial charge in [0, 0.05) is 17.8 Å². The van der Waals surface area contributed by atoms with Gasteiger partial charge in [0.25, 0.3) is 0 Å². The molecule has 20 heavy (non-hydrogen) atoms. The molecule has 1 amide bonds. The molecule has 0 saturated heterocycles. The summed E-state index contributed by atoms with van der Waals surface area (Å²) in [5.41, 5.74) is 9.62. The average molecular weight is 268 g/mol. The van der Waals surface area contributed by atoms with Crippen LogP contribution < -0.4 is 11.1 Å². The first-order valence-electron chi connectivity index (χ1n) is 6.84. The predicted molar refractivity (Wildman–Crippen MR) is 83.6 cm³/mol. The topological polar surface area (TPSA) is 55.1 Å². The number of nitrogen functional groups attached to an aromatic ring is 1. The fourth-order valence-corrected chi connectivity index (χ4v) is 2.08. The summed E-state index contributed by atoms with van der Waals surface area (Å²) in [6.45, 7) is 2.01. The summed E-state index contributed by atoms with van der Waals surface area (Å²) in [6.07, 6.45) is 2.25. The molecular weight excluding hydrogens is 248 g/mol. The number of aryl methyl sites for hydroxylation is 2. The minimum absolute atomic E-state index is 0.0612. The Balaban J connectivity index is 1.76. The smallest absolute Gasteiger partial charge is 0.224 e. The molecule has 0 bridgehead atoms. The highest BCUT2D eigenvalue weighted by atomic mass is 16.1. The van der Waals surface area contributed by atoms with E-state index in [9.17, 15) is 4.79 Å².